The molecule has 0 radical (unpaired) electrons. The second-order valence-corrected chi connectivity index (χ2v) is 6.73. The van der Waals surface area contributed by atoms with E-state index in [4.69, 9.17) is 4.99 Å². The van der Waals surface area contributed by atoms with Crippen molar-refractivity contribution in [2.45, 2.75) is 19.8 Å². The molecule has 3 rings (SSSR count). The predicted octanol–water partition coefficient (Wildman–Crippen LogP) is 2.63. The van der Waals surface area contributed by atoms with E-state index >= 15 is 0 Å². The Morgan fingerprint density at radius 2 is 1.69 bits per heavy atom. The first-order valence-electron chi connectivity index (χ1n) is 9.52. The SMILES string of the molecule is CCNC(=NCCN1CCN(c2ccc(F)cc2)CC1)N1CCCC1.I. The van der Waals surface area contributed by atoms with Crippen LogP contribution in [0.1, 0.15) is 19.8 Å². The van der Waals surface area contributed by atoms with Gasteiger partial charge in [-0.3, -0.25) is 9.89 Å². The van der Waals surface area contributed by atoms with Crippen molar-refractivity contribution >= 4 is 35.6 Å². The molecule has 1 aromatic rings. The summed E-state index contributed by atoms with van der Waals surface area (Å²) in [6, 6.07) is 6.82. The Morgan fingerprint density at radius 3 is 2.31 bits per heavy atom. The smallest absolute Gasteiger partial charge is 0.193 e. The van der Waals surface area contributed by atoms with Gasteiger partial charge in [-0.1, -0.05) is 0 Å². The number of piperazine rings is 1. The molecule has 26 heavy (non-hydrogen) atoms. The lowest BCUT2D eigenvalue weighted by Gasteiger charge is -2.36. The van der Waals surface area contributed by atoms with Crippen LogP contribution >= 0.6 is 24.0 Å². The Balaban J connectivity index is 0.00000243. The van der Waals surface area contributed by atoms with Crippen LogP contribution in [0.25, 0.3) is 0 Å². The number of guanidine groups is 1. The second kappa shape index (κ2) is 10.9. The minimum absolute atomic E-state index is 0. The maximum Gasteiger partial charge on any atom is 0.193 e. The Labute approximate surface area is 173 Å². The van der Waals surface area contributed by atoms with Crippen molar-refractivity contribution in [1.82, 2.24) is 15.1 Å². The molecule has 2 saturated heterocycles. The van der Waals surface area contributed by atoms with Crippen molar-refractivity contribution in [3.05, 3.63) is 30.1 Å². The third kappa shape index (κ3) is 5.97. The van der Waals surface area contributed by atoms with Crippen LogP contribution in [0, 0.1) is 5.82 Å². The Morgan fingerprint density at radius 1 is 1.04 bits per heavy atom. The molecule has 0 bridgehead atoms. The van der Waals surface area contributed by atoms with Gasteiger partial charge >= 0.3 is 0 Å². The van der Waals surface area contributed by atoms with Crippen molar-refractivity contribution in [2.75, 3.05) is 63.8 Å². The maximum absolute atomic E-state index is 13.0. The maximum atomic E-state index is 13.0. The van der Waals surface area contributed by atoms with Gasteiger partial charge < -0.3 is 15.1 Å². The van der Waals surface area contributed by atoms with Gasteiger partial charge in [0.1, 0.15) is 5.82 Å². The third-order valence-electron chi connectivity index (χ3n) is 4.98. The van der Waals surface area contributed by atoms with Gasteiger partial charge in [-0.25, -0.2) is 4.39 Å². The van der Waals surface area contributed by atoms with Gasteiger partial charge in [0.2, 0.25) is 0 Å². The number of hydrogen-bond acceptors (Lipinski definition) is 3. The Kier molecular flexibility index (Phi) is 8.90. The number of nitrogens with one attached hydrogen (secondary N) is 1. The summed E-state index contributed by atoms with van der Waals surface area (Å²) < 4.78 is 13.0. The highest BCUT2D eigenvalue weighted by Crippen LogP contribution is 2.16. The summed E-state index contributed by atoms with van der Waals surface area (Å²) in [4.78, 5) is 12.0. The number of likely N-dealkylation sites (tertiary alicyclic amines) is 1. The number of rotatable bonds is 5. The molecule has 0 aromatic heterocycles. The molecule has 2 heterocycles. The molecule has 1 N–H and O–H groups in total. The molecule has 0 atom stereocenters. The zero-order valence-corrected chi connectivity index (χ0v) is 18.0. The van der Waals surface area contributed by atoms with Crippen LogP contribution in [0.15, 0.2) is 29.3 Å². The van der Waals surface area contributed by atoms with Crippen LogP contribution in [-0.2, 0) is 0 Å². The summed E-state index contributed by atoms with van der Waals surface area (Å²) in [5.74, 6) is 0.902. The summed E-state index contributed by atoms with van der Waals surface area (Å²) in [7, 11) is 0. The number of aliphatic imine (C=N–C) groups is 1. The van der Waals surface area contributed by atoms with Gasteiger partial charge in [-0.2, -0.15) is 0 Å². The van der Waals surface area contributed by atoms with Crippen LogP contribution in [0.2, 0.25) is 0 Å². The number of halogens is 2. The first-order chi connectivity index (χ1) is 12.3. The summed E-state index contributed by atoms with van der Waals surface area (Å²) >= 11 is 0. The number of hydrogen-bond donors (Lipinski definition) is 1. The quantitative estimate of drug-likeness (QED) is 0.404. The summed E-state index contributed by atoms with van der Waals surface area (Å²) in [5, 5.41) is 3.41. The lowest BCUT2D eigenvalue weighted by molar-refractivity contribution is 0.264. The zero-order chi connectivity index (χ0) is 17.5. The van der Waals surface area contributed by atoms with Crippen LogP contribution in [0.3, 0.4) is 0 Å². The average molecular weight is 475 g/mol. The average Bonchev–Trinajstić information content (AvgIpc) is 3.17. The fourth-order valence-electron chi connectivity index (χ4n) is 3.53. The molecular formula is C19H31FIN5. The van der Waals surface area contributed by atoms with E-state index in [2.05, 4.69) is 26.9 Å². The highest BCUT2D eigenvalue weighted by molar-refractivity contribution is 14.0. The molecule has 0 aliphatic carbocycles. The second-order valence-electron chi connectivity index (χ2n) is 6.73. The third-order valence-corrected chi connectivity index (χ3v) is 4.98. The molecule has 0 unspecified atom stereocenters. The first kappa shape index (κ1) is 21.2. The largest absolute Gasteiger partial charge is 0.369 e. The molecule has 2 aliphatic rings. The molecule has 2 aliphatic heterocycles. The lowest BCUT2D eigenvalue weighted by atomic mass is 10.2. The molecule has 2 fully saturated rings. The minimum atomic E-state index is -0.172. The van der Waals surface area contributed by atoms with E-state index in [1.54, 1.807) is 0 Å². The molecule has 5 nitrogen and oxygen atoms in total. The van der Waals surface area contributed by atoms with Gasteiger partial charge in [0.25, 0.3) is 0 Å². The van der Waals surface area contributed by atoms with Gasteiger partial charge in [-0.05, 0) is 44.0 Å². The van der Waals surface area contributed by atoms with Crippen LogP contribution in [-0.4, -0.2) is 74.7 Å². The normalized spacial score (nSPS) is 18.8. The highest BCUT2D eigenvalue weighted by atomic mass is 127. The van der Waals surface area contributed by atoms with Crippen molar-refractivity contribution in [3.8, 4) is 0 Å². The predicted molar refractivity (Wildman–Crippen MR) is 117 cm³/mol. The molecule has 1 aromatic carbocycles. The van der Waals surface area contributed by atoms with Crippen molar-refractivity contribution in [3.63, 3.8) is 0 Å². The van der Waals surface area contributed by atoms with Crippen LogP contribution < -0.4 is 10.2 Å². The van der Waals surface area contributed by atoms with E-state index in [-0.39, 0.29) is 29.8 Å². The standard InChI is InChI=1S/C19H30FN5.HI/c1-2-21-19(25-10-3-4-11-25)22-9-12-23-13-15-24(16-14-23)18-7-5-17(20)6-8-18;/h5-8H,2-4,9-16H2,1H3,(H,21,22);1H. The van der Waals surface area contributed by atoms with E-state index < -0.39 is 0 Å². The Hall–Kier alpha value is -1.09. The van der Waals surface area contributed by atoms with E-state index in [1.165, 1.54) is 25.0 Å². The van der Waals surface area contributed by atoms with Gasteiger partial charge in [0.15, 0.2) is 5.96 Å². The number of anilines is 1. The van der Waals surface area contributed by atoms with Crippen LogP contribution in [0.5, 0.6) is 0 Å². The number of nitrogens with zero attached hydrogens (tertiary/aromatic N) is 4. The molecule has 0 saturated carbocycles. The zero-order valence-electron chi connectivity index (χ0n) is 15.7. The van der Waals surface area contributed by atoms with Gasteiger partial charge in [0.05, 0.1) is 6.54 Å². The van der Waals surface area contributed by atoms with E-state index in [1.807, 2.05) is 12.1 Å². The van der Waals surface area contributed by atoms with Crippen molar-refractivity contribution in [1.29, 1.82) is 0 Å². The molecule has 0 amide bonds. The fourth-order valence-corrected chi connectivity index (χ4v) is 3.53. The van der Waals surface area contributed by atoms with Crippen LogP contribution in [0.4, 0.5) is 10.1 Å². The Bertz CT molecular complexity index is 552. The lowest BCUT2D eigenvalue weighted by Crippen LogP contribution is -2.47. The first-order valence-corrected chi connectivity index (χ1v) is 9.52. The van der Waals surface area contributed by atoms with Gasteiger partial charge in [0, 0.05) is 58.0 Å². The van der Waals surface area contributed by atoms with E-state index in [0.29, 0.717) is 0 Å². The van der Waals surface area contributed by atoms with E-state index in [9.17, 15) is 4.39 Å². The molecule has 0 spiro atoms. The molecule has 7 heteroatoms. The highest BCUT2D eigenvalue weighted by Gasteiger charge is 2.18. The van der Waals surface area contributed by atoms with Crippen molar-refractivity contribution < 1.29 is 4.39 Å². The molecule has 146 valence electrons. The molecular weight excluding hydrogens is 444 g/mol. The monoisotopic (exact) mass is 475 g/mol. The topological polar surface area (TPSA) is 34.1 Å². The fraction of sp³-hybridized carbons (Fsp3) is 0.632. The van der Waals surface area contributed by atoms with E-state index in [0.717, 1.165) is 70.5 Å². The van der Waals surface area contributed by atoms with Crippen molar-refractivity contribution in [2.24, 2.45) is 4.99 Å². The minimum Gasteiger partial charge on any atom is -0.369 e. The summed E-state index contributed by atoms with van der Waals surface area (Å²) in [6.45, 7) is 11.2. The summed E-state index contributed by atoms with van der Waals surface area (Å²) in [5.41, 5.74) is 1.11. The number of benzene rings is 1. The van der Waals surface area contributed by atoms with Gasteiger partial charge in [-0.15, -0.1) is 24.0 Å². The summed E-state index contributed by atoms with van der Waals surface area (Å²) in [6.07, 6.45) is 2.55.